The molecular weight excluding hydrogens is 277 g/mol. The number of hydrogen-bond donors (Lipinski definition) is 1. The van der Waals surface area contributed by atoms with E-state index in [4.69, 9.17) is 0 Å². The quantitative estimate of drug-likeness (QED) is 0.755. The summed E-state index contributed by atoms with van der Waals surface area (Å²) in [4.78, 5) is 4.31. The average Bonchev–Trinajstić information content (AvgIpc) is 2.06. The molecule has 0 saturated heterocycles. The second-order valence-corrected chi connectivity index (χ2v) is 4.19. The second kappa shape index (κ2) is 3.14. The van der Waals surface area contributed by atoms with Gasteiger partial charge in [0.05, 0.1) is 5.52 Å². The Morgan fingerprint density at radius 1 is 1.31 bits per heavy atom. The summed E-state index contributed by atoms with van der Waals surface area (Å²) in [6, 6.07) is 7.51. The maximum atomic E-state index is 9.63. The largest absolute Gasteiger partial charge is 0.507 e. The Labute approximate surface area is 89.8 Å². The highest BCUT2D eigenvalue weighted by molar-refractivity contribution is 14.1. The highest BCUT2D eigenvalue weighted by Gasteiger charge is 2.02. The highest BCUT2D eigenvalue weighted by Crippen LogP contribution is 2.25. The number of pyridine rings is 1. The summed E-state index contributed by atoms with van der Waals surface area (Å²) in [6.07, 6.45) is 0. The molecule has 3 heteroatoms. The third kappa shape index (κ3) is 1.60. The smallest absolute Gasteiger partial charge is 0.126 e. The maximum absolute atomic E-state index is 9.63. The van der Waals surface area contributed by atoms with Gasteiger partial charge in [-0.2, -0.15) is 0 Å². The van der Waals surface area contributed by atoms with Crippen LogP contribution in [0.3, 0.4) is 0 Å². The van der Waals surface area contributed by atoms with Gasteiger partial charge < -0.3 is 5.11 Å². The van der Waals surface area contributed by atoms with E-state index in [1.807, 2.05) is 25.1 Å². The highest BCUT2D eigenvalue weighted by atomic mass is 127. The van der Waals surface area contributed by atoms with Gasteiger partial charge in [-0.3, -0.25) is 4.98 Å². The van der Waals surface area contributed by atoms with Crippen LogP contribution in [-0.4, -0.2) is 10.1 Å². The van der Waals surface area contributed by atoms with Crippen LogP contribution in [0, 0.1) is 10.5 Å². The van der Waals surface area contributed by atoms with Gasteiger partial charge in [-0.15, -0.1) is 0 Å². The Balaban J connectivity index is 2.87. The third-order valence-corrected chi connectivity index (χ3v) is 2.55. The van der Waals surface area contributed by atoms with Gasteiger partial charge in [0.1, 0.15) is 5.75 Å². The van der Waals surface area contributed by atoms with Crippen molar-refractivity contribution in [2.75, 3.05) is 0 Å². The molecule has 2 aromatic rings. The van der Waals surface area contributed by atoms with Crippen LogP contribution in [0.4, 0.5) is 0 Å². The molecule has 1 aromatic heterocycles. The lowest BCUT2D eigenvalue weighted by molar-refractivity contribution is 0.480. The standard InChI is InChI=1S/C10H8INO/c1-6-4-10(13)8-5-7(11)2-3-9(8)12-6/h2-5H,1H3,(H,12,13). The van der Waals surface area contributed by atoms with Crippen molar-refractivity contribution in [3.63, 3.8) is 0 Å². The first-order valence-electron chi connectivity index (χ1n) is 3.93. The van der Waals surface area contributed by atoms with Crippen LogP contribution >= 0.6 is 22.6 Å². The number of halogens is 1. The van der Waals surface area contributed by atoms with Crippen LogP contribution < -0.4 is 0 Å². The molecule has 0 atom stereocenters. The van der Waals surface area contributed by atoms with E-state index in [0.29, 0.717) is 5.75 Å². The zero-order valence-electron chi connectivity index (χ0n) is 7.08. The van der Waals surface area contributed by atoms with Gasteiger partial charge in [-0.25, -0.2) is 0 Å². The summed E-state index contributed by atoms with van der Waals surface area (Å²) in [5, 5.41) is 10.5. The number of benzene rings is 1. The van der Waals surface area contributed by atoms with Crippen LogP contribution in [0.1, 0.15) is 5.69 Å². The number of hydrogen-bond acceptors (Lipinski definition) is 2. The Morgan fingerprint density at radius 2 is 2.08 bits per heavy atom. The molecule has 1 N–H and O–H groups in total. The normalized spacial score (nSPS) is 10.6. The fraction of sp³-hybridized carbons (Fsp3) is 0.100. The Kier molecular flexibility index (Phi) is 2.11. The molecule has 0 aliphatic rings. The molecule has 66 valence electrons. The number of aryl methyl sites for hydroxylation is 1. The van der Waals surface area contributed by atoms with Gasteiger partial charge >= 0.3 is 0 Å². The first kappa shape index (κ1) is 8.74. The molecule has 0 radical (unpaired) electrons. The molecule has 13 heavy (non-hydrogen) atoms. The number of nitrogens with zero attached hydrogens (tertiary/aromatic N) is 1. The van der Waals surface area contributed by atoms with E-state index in [1.54, 1.807) is 6.07 Å². The number of fused-ring (bicyclic) bond motifs is 1. The molecular formula is C10H8INO. The van der Waals surface area contributed by atoms with Crippen molar-refractivity contribution in [2.24, 2.45) is 0 Å². The van der Waals surface area contributed by atoms with E-state index in [9.17, 15) is 5.11 Å². The Morgan fingerprint density at radius 3 is 2.85 bits per heavy atom. The van der Waals surface area contributed by atoms with Crippen molar-refractivity contribution >= 4 is 33.5 Å². The van der Waals surface area contributed by atoms with Crippen LogP contribution in [0.5, 0.6) is 5.75 Å². The first-order valence-corrected chi connectivity index (χ1v) is 5.00. The molecule has 0 aliphatic carbocycles. The molecule has 0 spiro atoms. The molecule has 0 aliphatic heterocycles. The lowest BCUT2D eigenvalue weighted by Gasteiger charge is -2.02. The van der Waals surface area contributed by atoms with Gasteiger partial charge in [0.15, 0.2) is 0 Å². The fourth-order valence-corrected chi connectivity index (χ4v) is 1.80. The van der Waals surface area contributed by atoms with E-state index in [-0.39, 0.29) is 0 Å². The average molecular weight is 285 g/mol. The van der Waals surface area contributed by atoms with Crippen molar-refractivity contribution in [1.29, 1.82) is 0 Å². The van der Waals surface area contributed by atoms with Crippen LogP contribution in [0.15, 0.2) is 24.3 Å². The molecule has 1 heterocycles. The topological polar surface area (TPSA) is 33.1 Å². The summed E-state index contributed by atoms with van der Waals surface area (Å²) >= 11 is 2.21. The van der Waals surface area contributed by atoms with Crippen molar-refractivity contribution in [3.8, 4) is 5.75 Å². The minimum Gasteiger partial charge on any atom is -0.507 e. The van der Waals surface area contributed by atoms with E-state index in [2.05, 4.69) is 27.6 Å². The SMILES string of the molecule is Cc1cc(O)c2cc(I)ccc2n1. The minimum atomic E-state index is 0.306. The summed E-state index contributed by atoms with van der Waals surface area (Å²) < 4.78 is 1.10. The third-order valence-electron chi connectivity index (χ3n) is 1.88. The predicted octanol–water partition coefficient (Wildman–Crippen LogP) is 2.85. The van der Waals surface area contributed by atoms with Crippen molar-refractivity contribution in [3.05, 3.63) is 33.5 Å². The van der Waals surface area contributed by atoms with Gasteiger partial charge in [-0.05, 0) is 47.7 Å². The lowest BCUT2D eigenvalue weighted by atomic mass is 10.2. The Hall–Kier alpha value is -0.840. The molecule has 2 rings (SSSR count). The minimum absolute atomic E-state index is 0.306. The summed E-state index contributed by atoms with van der Waals surface area (Å²) in [5.41, 5.74) is 1.68. The number of rotatable bonds is 0. The number of aromatic nitrogens is 1. The van der Waals surface area contributed by atoms with E-state index in [1.165, 1.54) is 0 Å². The van der Waals surface area contributed by atoms with Gasteiger partial charge in [0, 0.05) is 20.7 Å². The molecule has 0 fully saturated rings. The zero-order chi connectivity index (χ0) is 9.42. The molecule has 0 amide bonds. The zero-order valence-corrected chi connectivity index (χ0v) is 9.24. The summed E-state index contributed by atoms with van der Waals surface area (Å²) in [7, 11) is 0. The molecule has 0 unspecified atom stereocenters. The fourth-order valence-electron chi connectivity index (χ4n) is 1.31. The second-order valence-electron chi connectivity index (χ2n) is 2.94. The van der Waals surface area contributed by atoms with Crippen molar-refractivity contribution in [2.45, 2.75) is 6.92 Å². The van der Waals surface area contributed by atoms with E-state index >= 15 is 0 Å². The maximum Gasteiger partial charge on any atom is 0.126 e. The van der Waals surface area contributed by atoms with Crippen molar-refractivity contribution in [1.82, 2.24) is 4.98 Å². The van der Waals surface area contributed by atoms with Crippen LogP contribution in [0.2, 0.25) is 0 Å². The molecule has 0 saturated carbocycles. The summed E-state index contributed by atoms with van der Waals surface area (Å²) in [6.45, 7) is 1.87. The molecule has 2 nitrogen and oxygen atoms in total. The van der Waals surface area contributed by atoms with Crippen molar-refractivity contribution < 1.29 is 5.11 Å². The van der Waals surface area contributed by atoms with Crippen LogP contribution in [-0.2, 0) is 0 Å². The van der Waals surface area contributed by atoms with Gasteiger partial charge in [0.25, 0.3) is 0 Å². The molecule has 0 bridgehead atoms. The van der Waals surface area contributed by atoms with Crippen LogP contribution in [0.25, 0.3) is 10.9 Å². The molecule has 1 aromatic carbocycles. The monoisotopic (exact) mass is 285 g/mol. The number of aromatic hydroxyl groups is 1. The van der Waals surface area contributed by atoms with E-state index < -0.39 is 0 Å². The van der Waals surface area contributed by atoms with E-state index in [0.717, 1.165) is 20.2 Å². The van der Waals surface area contributed by atoms with Gasteiger partial charge in [0.2, 0.25) is 0 Å². The lowest BCUT2D eigenvalue weighted by Crippen LogP contribution is -1.84. The summed E-state index contributed by atoms with van der Waals surface area (Å²) in [5.74, 6) is 0.306. The van der Waals surface area contributed by atoms with Gasteiger partial charge in [-0.1, -0.05) is 0 Å². The predicted molar refractivity (Wildman–Crippen MR) is 60.9 cm³/mol. The first-order chi connectivity index (χ1) is 6.16. The Bertz CT molecular complexity index is 468.